The quantitative estimate of drug-likeness (QED) is 0.595. The van der Waals surface area contributed by atoms with Crippen LogP contribution in [0.3, 0.4) is 0 Å². The normalized spacial score (nSPS) is 11.1. The SMILES string of the molecule is Cc1ccnc(NC(=O)CN(C)C(=O)Cn2c(SC(F)F)nc3ccccc32)c1. The van der Waals surface area contributed by atoms with Gasteiger partial charge in [-0.15, -0.1) is 0 Å². The van der Waals surface area contributed by atoms with Gasteiger partial charge in [0.15, 0.2) is 5.16 Å². The Kier molecular flexibility index (Phi) is 6.42. The summed E-state index contributed by atoms with van der Waals surface area (Å²) in [6.07, 6.45) is 1.58. The summed E-state index contributed by atoms with van der Waals surface area (Å²) >= 11 is 0.282. The molecule has 2 aromatic heterocycles. The van der Waals surface area contributed by atoms with Gasteiger partial charge in [-0.3, -0.25) is 9.59 Å². The summed E-state index contributed by atoms with van der Waals surface area (Å²) in [5.74, 6) is -3.08. The maximum atomic E-state index is 12.9. The zero-order valence-corrected chi connectivity index (χ0v) is 16.6. The number of pyridine rings is 1. The number of amides is 2. The van der Waals surface area contributed by atoms with Crippen LogP contribution in [0.15, 0.2) is 47.8 Å². The lowest BCUT2D eigenvalue weighted by molar-refractivity contribution is -0.133. The zero-order valence-electron chi connectivity index (χ0n) is 15.8. The van der Waals surface area contributed by atoms with Crippen LogP contribution < -0.4 is 5.32 Å². The number of aromatic nitrogens is 3. The number of alkyl halides is 2. The number of rotatable bonds is 7. The molecular formula is C19H19F2N5O2S. The second kappa shape index (κ2) is 8.99. The second-order valence-corrected chi connectivity index (χ2v) is 7.32. The number of thioether (sulfide) groups is 1. The van der Waals surface area contributed by atoms with Crippen LogP contribution in [0.4, 0.5) is 14.6 Å². The van der Waals surface area contributed by atoms with E-state index in [4.69, 9.17) is 0 Å². The van der Waals surface area contributed by atoms with Gasteiger partial charge in [0.25, 0.3) is 5.76 Å². The van der Waals surface area contributed by atoms with Gasteiger partial charge in [-0.25, -0.2) is 9.97 Å². The Balaban J connectivity index is 1.70. The van der Waals surface area contributed by atoms with Gasteiger partial charge < -0.3 is 14.8 Å². The summed E-state index contributed by atoms with van der Waals surface area (Å²) in [6, 6.07) is 10.4. The Morgan fingerprint density at radius 2 is 2.03 bits per heavy atom. The van der Waals surface area contributed by atoms with Crippen LogP contribution in [0.1, 0.15) is 5.56 Å². The van der Waals surface area contributed by atoms with Gasteiger partial charge in [-0.2, -0.15) is 8.78 Å². The molecule has 0 aliphatic rings. The molecule has 3 rings (SSSR count). The first-order valence-corrected chi connectivity index (χ1v) is 9.58. The third-order valence-corrected chi connectivity index (χ3v) is 4.80. The fraction of sp³-hybridized carbons (Fsp3) is 0.263. The number of benzene rings is 1. The van der Waals surface area contributed by atoms with Crippen molar-refractivity contribution in [2.75, 3.05) is 18.9 Å². The molecule has 0 radical (unpaired) electrons. The molecule has 7 nitrogen and oxygen atoms in total. The fourth-order valence-electron chi connectivity index (χ4n) is 2.72. The smallest absolute Gasteiger partial charge is 0.291 e. The van der Waals surface area contributed by atoms with Crippen molar-refractivity contribution < 1.29 is 18.4 Å². The standard InChI is InChI=1S/C19H19F2N5O2S/c1-12-7-8-22-15(9-12)24-16(27)10-25(2)17(28)11-26-14-6-4-3-5-13(14)23-19(26)29-18(20)21/h3-9,18H,10-11H2,1-2H3,(H,22,24,27). The molecule has 0 aliphatic carbocycles. The van der Waals surface area contributed by atoms with E-state index in [1.807, 2.05) is 6.92 Å². The van der Waals surface area contributed by atoms with E-state index in [2.05, 4.69) is 15.3 Å². The van der Waals surface area contributed by atoms with E-state index >= 15 is 0 Å². The van der Waals surface area contributed by atoms with Crippen LogP contribution in [-0.4, -0.2) is 50.6 Å². The Labute approximate surface area is 170 Å². The highest BCUT2D eigenvalue weighted by atomic mass is 32.2. The van der Waals surface area contributed by atoms with Gasteiger partial charge in [0.2, 0.25) is 11.8 Å². The number of imidazole rings is 1. The lowest BCUT2D eigenvalue weighted by Crippen LogP contribution is -2.37. The molecule has 1 N–H and O–H groups in total. The highest BCUT2D eigenvalue weighted by Gasteiger charge is 2.20. The number of hydrogen-bond donors (Lipinski definition) is 1. The van der Waals surface area contributed by atoms with Gasteiger partial charge in [0, 0.05) is 13.2 Å². The number of likely N-dealkylation sites (N-methyl/N-ethyl adjacent to an activating group) is 1. The molecule has 2 heterocycles. The third kappa shape index (κ3) is 5.29. The summed E-state index contributed by atoms with van der Waals surface area (Å²) in [7, 11) is 1.48. The van der Waals surface area contributed by atoms with Crippen LogP contribution in [0.25, 0.3) is 11.0 Å². The van der Waals surface area contributed by atoms with Crippen molar-refractivity contribution in [2.24, 2.45) is 0 Å². The molecule has 0 spiro atoms. The number of aryl methyl sites for hydroxylation is 1. The summed E-state index contributed by atoms with van der Waals surface area (Å²) in [5, 5.41) is 2.68. The number of anilines is 1. The molecule has 10 heteroatoms. The van der Waals surface area contributed by atoms with Crippen LogP contribution >= 0.6 is 11.8 Å². The van der Waals surface area contributed by atoms with E-state index in [1.165, 1.54) is 16.5 Å². The summed E-state index contributed by atoms with van der Waals surface area (Å²) < 4.78 is 27.2. The maximum absolute atomic E-state index is 12.9. The van der Waals surface area contributed by atoms with Crippen molar-refractivity contribution in [2.45, 2.75) is 24.4 Å². The van der Waals surface area contributed by atoms with Crippen molar-refractivity contribution >= 4 is 40.4 Å². The fourth-order valence-corrected chi connectivity index (χ4v) is 3.32. The number of nitrogens with zero attached hydrogens (tertiary/aromatic N) is 4. The van der Waals surface area contributed by atoms with E-state index < -0.39 is 17.6 Å². The van der Waals surface area contributed by atoms with E-state index in [9.17, 15) is 18.4 Å². The molecule has 0 atom stereocenters. The van der Waals surface area contributed by atoms with Crippen LogP contribution in [0.5, 0.6) is 0 Å². The van der Waals surface area contributed by atoms with Crippen LogP contribution in [-0.2, 0) is 16.1 Å². The average Bonchev–Trinajstić information content (AvgIpc) is 2.98. The molecule has 0 unspecified atom stereocenters. The first kappa shape index (κ1) is 20.7. The average molecular weight is 419 g/mol. The third-order valence-electron chi connectivity index (χ3n) is 4.10. The Bertz CT molecular complexity index is 1040. The second-order valence-electron chi connectivity index (χ2n) is 6.36. The lowest BCUT2D eigenvalue weighted by atomic mass is 10.3. The molecule has 2 amide bonds. The van der Waals surface area contributed by atoms with Gasteiger partial charge in [0.1, 0.15) is 12.4 Å². The summed E-state index contributed by atoms with van der Waals surface area (Å²) in [5.41, 5.74) is 2.04. The highest BCUT2D eigenvalue weighted by molar-refractivity contribution is 7.99. The molecule has 0 fully saturated rings. The molecule has 0 saturated heterocycles. The van der Waals surface area contributed by atoms with Crippen molar-refractivity contribution in [3.8, 4) is 0 Å². The first-order valence-electron chi connectivity index (χ1n) is 8.70. The van der Waals surface area contributed by atoms with Crippen molar-refractivity contribution in [3.63, 3.8) is 0 Å². The number of para-hydroxylation sites is 2. The van der Waals surface area contributed by atoms with Gasteiger partial charge in [-0.1, -0.05) is 12.1 Å². The number of halogens is 2. The lowest BCUT2D eigenvalue weighted by Gasteiger charge is -2.18. The summed E-state index contributed by atoms with van der Waals surface area (Å²) in [6.45, 7) is 1.47. The number of hydrogen-bond acceptors (Lipinski definition) is 5. The number of carbonyl (C=O) groups excluding carboxylic acids is 2. The Morgan fingerprint density at radius 3 is 2.76 bits per heavy atom. The molecule has 1 aromatic carbocycles. The zero-order chi connectivity index (χ0) is 21.0. The molecule has 0 aliphatic heterocycles. The molecule has 0 saturated carbocycles. The van der Waals surface area contributed by atoms with Gasteiger partial charge in [-0.05, 0) is 48.5 Å². The first-order chi connectivity index (χ1) is 13.8. The minimum atomic E-state index is -2.66. The summed E-state index contributed by atoms with van der Waals surface area (Å²) in [4.78, 5) is 34.3. The number of carbonyl (C=O) groups is 2. The highest BCUT2D eigenvalue weighted by Crippen LogP contribution is 2.28. The Hall–Kier alpha value is -3.01. The van der Waals surface area contributed by atoms with E-state index in [0.717, 1.165) is 5.56 Å². The molecular weight excluding hydrogens is 400 g/mol. The van der Waals surface area contributed by atoms with Crippen molar-refractivity contribution in [1.82, 2.24) is 19.4 Å². The topological polar surface area (TPSA) is 80.1 Å². The van der Waals surface area contributed by atoms with E-state index in [0.29, 0.717) is 16.9 Å². The predicted octanol–water partition coefficient (Wildman–Crippen LogP) is 3.15. The largest absolute Gasteiger partial charge is 0.335 e. The van der Waals surface area contributed by atoms with Crippen molar-refractivity contribution in [3.05, 3.63) is 48.2 Å². The minimum Gasteiger partial charge on any atom is -0.335 e. The van der Waals surface area contributed by atoms with Crippen LogP contribution in [0.2, 0.25) is 0 Å². The maximum Gasteiger partial charge on any atom is 0.291 e. The van der Waals surface area contributed by atoms with Gasteiger partial charge in [0.05, 0.1) is 17.6 Å². The number of nitrogens with one attached hydrogen (secondary N) is 1. The molecule has 3 aromatic rings. The van der Waals surface area contributed by atoms with Gasteiger partial charge >= 0.3 is 0 Å². The Morgan fingerprint density at radius 1 is 1.28 bits per heavy atom. The van der Waals surface area contributed by atoms with E-state index in [-0.39, 0.29) is 30.0 Å². The van der Waals surface area contributed by atoms with E-state index in [1.54, 1.807) is 42.6 Å². The predicted molar refractivity (Wildman–Crippen MR) is 107 cm³/mol. The molecule has 0 bridgehead atoms. The number of fused-ring (bicyclic) bond motifs is 1. The van der Waals surface area contributed by atoms with Crippen molar-refractivity contribution in [1.29, 1.82) is 0 Å². The minimum absolute atomic E-state index is 0.0522. The molecule has 152 valence electrons. The monoisotopic (exact) mass is 419 g/mol. The van der Waals surface area contributed by atoms with Crippen LogP contribution in [0, 0.1) is 6.92 Å². The molecule has 29 heavy (non-hydrogen) atoms.